The lowest BCUT2D eigenvalue weighted by Crippen LogP contribution is -2.29. The van der Waals surface area contributed by atoms with Gasteiger partial charge in [-0.1, -0.05) is 43.6 Å². The third-order valence-electron chi connectivity index (χ3n) is 6.35. The Balaban J connectivity index is 2.16. The van der Waals surface area contributed by atoms with Gasteiger partial charge in [0.05, 0.1) is 12.7 Å². The predicted octanol–water partition coefficient (Wildman–Crippen LogP) is 7.16. The van der Waals surface area contributed by atoms with Gasteiger partial charge in [0.1, 0.15) is 11.5 Å². The van der Waals surface area contributed by atoms with Crippen molar-refractivity contribution < 1.29 is 33.1 Å². The van der Waals surface area contributed by atoms with Gasteiger partial charge in [-0.25, -0.2) is 9.36 Å². The van der Waals surface area contributed by atoms with Crippen molar-refractivity contribution >= 4 is 13.9 Å². The summed E-state index contributed by atoms with van der Waals surface area (Å²) in [6.45, 7) is 13.8. The van der Waals surface area contributed by atoms with Crippen LogP contribution in [0.4, 0.5) is 4.79 Å². The highest BCUT2D eigenvalue weighted by atomic mass is 31.2. The van der Waals surface area contributed by atoms with Crippen molar-refractivity contribution in [3.8, 4) is 11.5 Å². The van der Waals surface area contributed by atoms with E-state index in [1.807, 2.05) is 13.0 Å². The van der Waals surface area contributed by atoms with Crippen molar-refractivity contribution in [2.75, 3.05) is 13.2 Å². The number of ether oxygens (including phenoxy) is 1. The third-order valence-corrected chi connectivity index (χ3v) is 7.55. The van der Waals surface area contributed by atoms with E-state index in [0.717, 1.165) is 49.7 Å². The van der Waals surface area contributed by atoms with Crippen LogP contribution in [0.3, 0.4) is 0 Å². The van der Waals surface area contributed by atoms with Gasteiger partial charge in [0.15, 0.2) is 0 Å². The smallest absolute Gasteiger partial charge is 0.472 e. The molecule has 0 radical (unpaired) electrons. The largest absolute Gasteiger partial charge is 0.507 e. The molecular weight excluding hydrogens is 493 g/mol. The zero-order valence-corrected chi connectivity index (χ0v) is 23.8. The van der Waals surface area contributed by atoms with Gasteiger partial charge < -0.3 is 20.1 Å². The van der Waals surface area contributed by atoms with Crippen molar-refractivity contribution in [3.05, 3.63) is 47.1 Å². The number of aromatic hydroxyl groups is 1. The van der Waals surface area contributed by atoms with Gasteiger partial charge in [0, 0.05) is 18.0 Å². The lowest BCUT2D eigenvalue weighted by Gasteiger charge is -2.32. The summed E-state index contributed by atoms with van der Waals surface area (Å²) in [6.07, 6.45) is 7.12. The highest BCUT2D eigenvalue weighted by molar-refractivity contribution is 7.47. The van der Waals surface area contributed by atoms with Crippen molar-refractivity contribution in [3.63, 3.8) is 0 Å². The molecule has 1 unspecified atom stereocenters. The first-order valence-electron chi connectivity index (χ1n) is 13.2. The topological polar surface area (TPSA) is 114 Å². The van der Waals surface area contributed by atoms with Crippen LogP contribution < -0.4 is 10.1 Å². The van der Waals surface area contributed by atoms with E-state index >= 15 is 0 Å². The number of phosphoric acid groups is 1. The molecule has 0 aliphatic heterocycles. The van der Waals surface area contributed by atoms with E-state index in [2.05, 4.69) is 31.8 Å². The second kappa shape index (κ2) is 14.7. The fraction of sp³-hybridized carbons (Fsp3) is 0.607. The summed E-state index contributed by atoms with van der Waals surface area (Å²) < 4.78 is 27.3. The fourth-order valence-corrected chi connectivity index (χ4v) is 5.55. The molecule has 0 spiro atoms. The SMILES string of the molecule is C=C(C)[C@@H]1CCC(C)=C[C@H]1c1c(O)cc(CCCCC)cc1OC(=O)NCCCOP(=O)(O)OC(C)C. The molecule has 1 aromatic rings. The maximum Gasteiger partial charge on any atom is 0.472 e. The number of allylic oxidation sites excluding steroid dienone is 3. The predicted molar refractivity (Wildman–Crippen MR) is 146 cm³/mol. The molecule has 1 aromatic carbocycles. The molecular formula is C28H44NO7P. The van der Waals surface area contributed by atoms with Gasteiger partial charge in [-0.2, -0.15) is 0 Å². The van der Waals surface area contributed by atoms with Crippen LogP contribution >= 0.6 is 7.82 Å². The van der Waals surface area contributed by atoms with Crippen molar-refractivity contribution in [1.29, 1.82) is 0 Å². The number of carbonyl (C=O) groups excluding carboxylic acids is 1. The Kier molecular flexibility index (Phi) is 12.4. The molecule has 3 atom stereocenters. The van der Waals surface area contributed by atoms with Gasteiger partial charge in [-0.05, 0) is 83.4 Å². The summed E-state index contributed by atoms with van der Waals surface area (Å²) >= 11 is 0. The molecule has 3 N–H and O–H groups in total. The van der Waals surface area contributed by atoms with Crippen LogP contribution in [0.1, 0.15) is 90.2 Å². The minimum atomic E-state index is -4.12. The molecule has 2 rings (SSSR count). The number of amides is 1. The van der Waals surface area contributed by atoms with Gasteiger partial charge in [0.2, 0.25) is 0 Å². The molecule has 208 valence electrons. The average Bonchev–Trinajstić information content (AvgIpc) is 2.77. The molecule has 8 nitrogen and oxygen atoms in total. The van der Waals surface area contributed by atoms with Crippen LogP contribution in [-0.4, -0.2) is 35.3 Å². The summed E-state index contributed by atoms with van der Waals surface area (Å²) in [4.78, 5) is 22.3. The van der Waals surface area contributed by atoms with Crippen molar-refractivity contribution in [2.45, 2.75) is 91.6 Å². The van der Waals surface area contributed by atoms with E-state index in [4.69, 9.17) is 13.8 Å². The number of phenolic OH excluding ortho intramolecular Hbond substituents is 1. The molecule has 0 heterocycles. The normalized spacial score (nSPS) is 19.3. The Morgan fingerprint density at radius 3 is 2.65 bits per heavy atom. The van der Waals surface area contributed by atoms with Crippen LogP contribution in [0.5, 0.6) is 11.5 Å². The highest BCUT2D eigenvalue weighted by Crippen LogP contribution is 2.47. The van der Waals surface area contributed by atoms with E-state index in [1.165, 1.54) is 5.57 Å². The lowest BCUT2D eigenvalue weighted by atomic mass is 9.73. The number of nitrogens with one attached hydrogen (secondary N) is 1. The minimum Gasteiger partial charge on any atom is -0.507 e. The number of benzene rings is 1. The number of aryl methyl sites for hydroxylation is 1. The van der Waals surface area contributed by atoms with Crippen molar-refractivity contribution in [1.82, 2.24) is 5.32 Å². The monoisotopic (exact) mass is 537 g/mol. The molecule has 0 saturated heterocycles. The van der Waals surface area contributed by atoms with Crippen LogP contribution in [-0.2, 0) is 20.0 Å². The maximum absolute atomic E-state index is 12.7. The number of phosphoric ester groups is 1. The van der Waals surface area contributed by atoms with Gasteiger partial charge in [-0.3, -0.25) is 9.05 Å². The van der Waals surface area contributed by atoms with E-state index in [9.17, 15) is 19.4 Å². The average molecular weight is 538 g/mol. The van der Waals surface area contributed by atoms with Crippen LogP contribution in [0, 0.1) is 5.92 Å². The van der Waals surface area contributed by atoms with Gasteiger partial charge in [0.25, 0.3) is 0 Å². The van der Waals surface area contributed by atoms with Gasteiger partial charge in [-0.15, -0.1) is 0 Å². The number of rotatable bonds is 14. The first-order chi connectivity index (χ1) is 17.4. The Morgan fingerprint density at radius 1 is 1.27 bits per heavy atom. The van der Waals surface area contributed by atoms with Crippen LogP contribution in [0.2, 0.25) is 0 Å². The molecule has 1 amide bonds. The number of phenols is 1. The lowest BCUT2D eigenvalue weighted by molar-refractivity contribution is 0.120. The summed E-state index contributed by atoms with van der Waals surface area (Å²) in [5, 5.41) is 13.8. The minimum absolute atomic E-state index is 0.0633. The van der Waals surface area contributed by atoms with Gasteiger partial charge >= 0.3 is 13.9 Å². The molecule has 1 aliphatic carbocycles. The van der Waals surface area contributed by atoms with Crippen molar-refractivity contribution in [2.24, 2.45) is 5.92 Å². The Labute approximate surface area is 221 Å². The zero-order chi connectivity index (χ0) is 27.6. The number of carbonyl (C=O) groups is 1. The zero-order valence-electron chi connectivity index (χ0n) is 22.9. The fourth-order valence-electron chi connectivity index (χ4n) is 4.59. The quantitative estimate of drug-likeness (QED) is 0.131. The molecule has 1 aliphatic rings. The molecule has 0 aromatic heterocycles. The summed E-state index contributed by atoms with van der Waals surface area (Å²) in [5.41, 5.74) is 3.76. The Bertz CT molecular complexity index is 1000. The standard InChI is InChI=1S/C28H44NO7P/c1-7-8-9-11-22-17-25(30)27(24-16-21(6)12-13-23(24)19(2)3)26(18-22)35-28(31)29-14-10-15-34-37(32,33)36-20(4)5/h16-18,20,23-24,30H,2,7-15H2,1,3-6H3,(H,29,31)(H,32,33)/t23-,24+/m0/s1. The molecule has 37 heavy (non-hydrogen) atoms. The number of hydrogen-bond acceptors (Lipinski definition) is 6. The van der Waals surface area contributed by atoms with Crippen LogP contribution in [0.25, 0.3) is 0 Å². The first kappa shape index (κ1) is 31.1. The summed E-state index contributed by atoms with van der Waals surface area (Å²) in [6, 6.07) is 3.64. The second-order valence-corrected chi connectivity index (χ2v) is 11.5. The van der Waals surface area contributed by atoms with E-state index in [0.29, 0.717) is 17.7 Å². The molecule has 9 heteroatoms. The van der Waals surface area contributed by atoms with E-state index < -0.39 is 20.0 Å². The second-order valence-electron chi connectivity index (χ2n) is 10.1. The highest BCUT2D eigenvalue weighted by Gasteiger charge is 2.31. The van der Waals surface area contributed by atoms with E-state index in [-0.39, 0.29) is 30.7 Å². The number of hydrogen-bond donors (Lipinski definition) is 3. The maximum atomic E-state index is 12.7. The molecule has 0 saturated carbocycles. The molecule has 0 fully saturated rings. The third kappa shape index (κ3) is 10.3. The van der Waals surface area contributed by atoms with Crippen LogP contribution in [0.15, 0.2) is 35.9 Å². The summed E-state index contributed by atoms with van der Waals surface area (Å²) in [5.74, 6) is 0.445. The Morgan fingerprint density at radius 2 is 2.00 bits per heavy atom. The first-order valence-corrected chi connectivity index (χ1v) is 14.7. The van der Waals surface area contributed by atoms with E-state index in [1.54, 1.807) is 19.9 Å². The summed E-state index contributed by atoms with van der Waals surface area (Å²) in [7, 11) is -4.12. The molecule has 0 bridgehead atoms. The number of unbranched alkanes of at least 4 members (excludes halogenated alkanes) is 2. The Hall–Kier alpha value is -2.12.